The fourth-order valence-corrected chi connectivity index (χ4v) is 2.72. The fourth-order valence-electron chi connectivity index (χ4n) is 2.72. The lowest BCUT2D eigenvalue weighted by atomic mass is 10.1. The summed E-state index contributed by atoms with van der Waals surface area (Å²) in [6, 6.07) is 7.50. The molecular weight excluding hydrogens is 294 g/mol. The van der Waals surface area contributed by atoms with Crippen molar-refractivity contribution in [3.63, 3.8) is 0 Å². The number of rotatable bonds is 6. The first-order valence-corrected chi connectivity index (χ1v) is 7.94. The minimum Gasteiger partial charge on any atom is -0.492 e. The van der Waals surface area contributed by atoms with Crippen LogP contribution in [0.15, 0.2) is 34.9 Å². The highest BCUT2D eigenvalue weighted by Gasteiger charge is 2.22. The molecular formula is C18H21NO4. The summed E-state index contributed by atoms with van der Waals surface area (Å²) in [5, 5.41) is 2.92. The molecule has 0 radical (unpaired) electrons. The van der Waals surface area contributed by atoms with Crippen molar-refractivity contribution in [1.82, 2.24) is 0 Å². The molecule has 0 saturated heterocycles. The van der Waals surface area contributed by atoms with Crippen LogP contribution in [0.1, 0.15) is 31.6 Å². The van der Waals surface area contributed by atoms with E-state index in [1.54, 1.807) is 6.26 Å². The van der Waals surface area contributed by atoms with Gasteiger partial charge in [-0.1, -0.05) is 0 Å². The maximum Gasteiger partial charge on any atom is 0.224 e. The Hall–Kier alpha value is -2.43. The van der Waals surface area contributed by atoms with Crippen molar-refractivity contribution in [2.24, 2.45) is 0 Å². The fraction of sp³-hybridized carbons (Fsp3) is 0.389. The van der Waals surface area contributed by atoms with E-state index in [0.29, 0.717) is 30.9 Å². The van der Waals surface area contributed by atoms with Crippen LogP contribution >= 0.6 is 0 Å². The van der Waals surface area contributed by atoms with Gasteiger partial charge in [0.05, 0.1) is 18.6 Å². The molecule has 1 amide bonds. The maximum atomic E-state index is 12.2. The predicted molar refractivity (Wildman–Crippen MR) is 87.1 cm³/mol. The molecule has 5 nitrogen and oxygen atoms in total. The SMILES string of the molecule is CCOc1cc2c(cc1NC(=O)CCc1ccco1)O[C@H](C)C2. The van der Waals surface area contributed by atoms with Gasteiger partial charge in [-0.15, -0.1) is 0 Å². The Morgan fingerprint density at radius 1 is 1.43 bits per heavy atom. The van der Waals surface area contributed by atoms with Crippen molar-refractivity contribution in [1.29, 1.82) is 0 Å². The molecule has 1 atom stereocenters. The molecule has 0 bridgehead atoms. The summed E-state index contributed by atoms with van der Waals surface area (Å²) in [5.41, 5.74) is 1.78. The number of carbonyl (C=O) groups excluding carboxylic acids is 1. The van der Waals surface area contributed by atoms with Crippen molar-refractivity contribution in [2.75, 3.05) is 11.9 Å². The van der Waals surface area contributed by atoms with E-state index >= 15 is 0 Å². The summed E-state index contributed by atoms with van der Waals surface area (Å²) < 4.78 is 16.7. The van der Waals surface area contributed by atoms with Crippen LogP contribution in [-0.4, -0.2) is 18.6 Å². The van der Waals surface area contributed by atoms with Gasteiger partial charge in [0.2, 0.25) is 5.91 Å². The molecule has 0 saturated carbocycles. The predicted octanol–water partition coefficient (Wildman–Crippen LogP) is 3.57. The van der Waals surface area contributed by atoms with Crippen LogP contribution in [0.2, 0.25) is 0 Å². The van der Waals surface area contributed by atoms with E-state index in [0.717, 1.165) is 23.5 Å². The van der Waals surface area contributed by atoms with Gasteiger partial charge in [-0.05, 0) is 32.0 Å². The van der Waals surface area contributed by atoms with Crippen LogP contribution in [-0.2, 0) is 17.6 Å². The highest BCUT2D eigenvalue weighted by Crippen LogP contribution is 2.38. The number of aryl methyl sites for hydroxylation is 1. The molecule has 2 aromatic rings. The van der Waals surface area contributed by atoms with Crippen LogP contribution in [0.25, 0.3) is 0 Å². The number of hydrogen-bond acceptors (Lipinski definition) is 4. The zero-order valence-electron chi connectivity index (χ0n) is 13.4. The lowest BCUT2D eigenvalue weighted by Crippen LogP contribution is -2.13. The van der Waals surface area contributed by atoms with Crippen LogP contribution in [0.5, 0.6) is 11.5 Å². The third kappa shape index (κ3) is 3.67. The monoisotopic (exact) mass is 315 g/mol. The number of nitrogens with one attached hydrogen (secondary N) is 1. The smallest absolute Gasteiger partial charge is 0.224 e. The van der Waals surface area contributed by atoms with Crippen LogP contribution < -0.4 is 14.8 Å². The minimum absolute atomic E-state index is 0.0756. The first-order valence-electron chi connectivity index (χ1n) is 7.94. The Labute approximate surface area is 135 Å². The van der Waals surface area contributed by atoms with Gasteiger partial charge in [-0.25, -0.2) is 0 Å². The first kappa shape index (κ1) is 15.5. The quantitative estimate of drug-likeness (QED) is 0.885. The molecule has 3 rings (SSSR count). The second-order valence-corrected chi connectivity index (χ2v) is 5.65. The number of anilines is 1. The third-order valence-corrected chi connectivity index (χ3v) is 3.75. The van der Waals surface area contributed by atoms with E-state index in [2.05, 4.69) is 5.32 Å². The highest BCUT2D eigenvalue weighted by molar-refractivity contribution is 5.92. The first-order chi connectivity index (χ1) is 11.2. The average molecular weight is 315 g/mol. The summed E-state index contributed by atoms with van der Waals surface area (Å²) in [4.78, 5) is 12.2. The van der Waals surface area contributed by atoms with Crippen molar-refractivity contribution in [3.8, 4) is 11.5 Å². The number of hydrogen-bond donors (Lipinski definition) is 1. The average Bonchev–Trinajstić information content (AvgIpc) is 3.14. The van der Waals surface area contributed by atoms with Crippen LogP contribution in [0, 0.1) is 0 Å². The lowest BCUT2D eigenvalue weighted by molar-refractivity contribution is -0.116. The molecule has 1 aliphatic heterocycles. The number of furan rings is 1. The summed E-state index contributed by atoms with van der Waals surface area (Å²) in [6.07, 6.45) is 3.56. The molecule has 23 heavy (non-hydrogen) atoms. The number of carbonyl (C=O) groups is 1. The molecule has 2 heterocycles. The molecule has 0 aliphatic carbocycles. The summed E-state index contributed by atoms with van der Waals surface area (Å²) in [5.74, 6) is 2.24. The maximum absolute atomic E-state index is 12.2. The largest absolute Gasteiger partial charge is 0.492 e. The molecule has 0 fully saturated rings. The van der Waals surface area contributed by atoms with Crippen LogP contribution in [0.3, 0.4) is 0 Å². The van der Waals surface area contributed by atoms with Gasteiger partial charge >= 0.3 is 0 Å². The highest BCUT2D eigenvalue weighted by atomic mass is 16.5. The Balaban J connectivity index is 1.70. The van der Waals surface area contributed by atoms with E-state index < -0.39 is 0 Å². The second-order valence-electron chi connectivity index (χ2n) is 5.65. The van der Waals surface area contributed by atoms with Gasteiger partial charge in [-0.2, -0.15) is 0 Å². The Morgan fingerprint density at radius 2 is 2.30 bits per heavy atom. The van der Waals surface area contributed by atoms with E-state index in [-0.39, 0.29) is 12.0 Å². The van der Waals surface area contributed by atoms with Gasteiger partial charge in [0, 0.05) is 30.9 Å². The summed E-state index contributed by atoms with van der Waals surface area (Å²) in [6.45, 7) is 4.50. The van der Waals surface area contributed by atoms with E-state index in [1.165, 1.54) is 0 Å². The van der Waals surface area contributed by atoms with Gasteiger partial charge in [0.15, 0.2) is 0 Å². The normalized spacial score (nSPS) is 15.8. The van der Waals surface area contributed by atoms with Crippen molar-refractivity contribution in [3.05, 3.63) is 41.9 Å². The third-order valence-electron chi connectivity index (χ3n) is 3.75. The van der Waals surface area contributed by atoms with E-state index in [9.17, 15) is 4.79 Å². The topological polar surface area (TPSA) is 60.7 Å². The number of ether oxygens (including phenoxy) is 2. The molecule has 122 valence electrons. The van der Waals surface area contributed by atoms with Crippen molar-refractivity contribution in [2.45, 2.75) is 39.2 Å². The van der Waals surface area contributed by atoms with Crippen LogP contribution in [0.4, 0.5) is 5.69 Å². The Kier molecular flexibility index (Phi) is 4.55. The number of fused-ring (bicyclic) bond motifs is 1. The molecule has 1 aromatic carbocycles. The Morgan fingerprint density at radius 3 is 3.04 bits per heavy atom. The lowest BCUT2D eigenvalue weighted by Gasteiger charge is -2.13. The standard InChI is InChI=1S/C18H21NO4/c1-3-21-17-10-13-9-12(2)23-16(13)11-15(17)19-18(20)7-6-14-5-4-8-22-14/h4-5,8,10-12H,3,6-7,9H2,1-2H3,(H,19,20)/t12-/m1/s1. The number of benzene rings is 1. The zero-order chi connectivity index (χ0) is 16.2. The molecule has 0 unspecified atom stereocenters. The molecule has 1 aromatic heterocycles. The van der Waals surface area contributed by atoms with Gasteiger partial charge in [-0.3, -0.25) is 4.79 Å². The molecule has 1 N–H and O–H groups in total. The minimum atomic E-state index is -0.0756. The summed E-state index contributed by atoms with van der Waals surface area (Å²) in [7, 11) is 0. The second kappa shape index (κ2) is 6.77. The Bertz CT molecular complexity index is 679. The molecule has 0 spiro atoms. The number of amides is 1. The molecule has 5 heteroatoms. The van der Waals surface area contributed by atoms with Crippen molar-refractivity contribution < 1.29 is 18.7 Å². The summed E-state index contributed by atoms with van der Waals surface area (Å²) >= 11 is 0. The van der Waals surface area contributed by atoms with Gasteiger partial charge in [0.25, 0.3) is 0 Å². The van der Waals surface area contributed by atoms with Crippen molar-refractivity contribution >= 4 is 11.6 Å². The molecule has 1 aliphatic rings. The van der Waals surface area contributed by atoms with E-state index in [4.69, 9.17) is 13.9 Å². The zero-order valence-corrected chi connectivity index (χ0v) is 13.4. The van der Waals surface area contributed by atoms with Gasteiger partial charge in [0.1, 0.15) is 23.4 Å². The van der Waals surface area contributed by atoms with E-state index in [1.807, 2.05) is 38.1 Å². The van der Waals surface area contributed by atoms with Gasteiger partial charge < -0.3 is 19.2 Å².